The third kappa shape index (κ3) is 6.42. The Morgan fingerprint density at radius 2 is 2.03 bits per heavy atom. The molecule has 6 nitrogen and oxygen atoms in total. The molecule has 0 aliphatic carbocycles. The van der Waals surface area contributed by atoms with Crippen LogP contribution in [-0.4, -0.2) is 31.1 Å². The van der Waals surface area contributed by atoms with Crippen molar-refractivity contribution in [3.8, 4) is 5.75 Å². The summed E-state index contributed by atoms with van der Waals surface area (Å²) in [7, 11) is 0. The van der Waals surface area contributed by atoms with Crippen LogP contribution in [-0.2, 0) is 20.9 Å². The van der Waals surface area contributed by atoms with E-state index in [2.05, 4.69) is 26.5 Å². The van der Waals surface area contributed by atoms with E-state index in [9.17, 15) is 4.79 Å². The zero-order valence-corrected chi connectivity index (χ0v) is 18.7. The van der Waals surface area contributed by atoms with E-state index >= 15 is 0 Å². The number of benzene rings is 2. The minimum absolute atomic E-state index is 0.0775. The van der Waals surface area contributed by atoms with Gasteiger partial charge in [-0.2, -0.15) is 5.10 Å². The summed E-state index contributed by atoms with van der Waals surface area (Å²) in [6.45, 7) is 3.01. The van der Waals surface area contributed by atoms with Crippen molar-refractivity contribution in [3.63, 3.8) is 0 Å². The monoisotopic (exact) mass is 500 g/mol. The molecule has 1 aliphatic rings. The maximum Gasteiger partial charge on any atom is 0.245 e. The summed E-state index contributed by atoms with van der Waals surface area (Å²) in [5, 5.41) is 5.10. The predicted octanol–water partition coefficient (Wildman–Crippen LogP) is 4.94. The summed E-state index contributed by atoms with van der Waals surface area (Å²) in [5.41, 5.74) is 4.09. The number of carbonyl (C=O) groups excluding carboxylic acids is 1. The SMILES string of the molecule is CC1(CC(=O)N/N=C\c2ccc(OCc3ccc(Cl)cc3Cl)c(Br)c2)OCCO1. The van der Waals surface area contributed by atoms with Crippen molar-refractivity contribution in [1.82, 2.24) is 5.43 Å². The second-order valence-electron chi connectivity index (χ2n) is 6.51. The Bertz CT molecular complexity index is 917. The molecule has 0 saturated carbocycles. The van der Waals surface area contributed by atoms with Crippen LogP contribution in [0.2, 0.25) is 10.0 Å². The number of ether oxygens (including phenoxy) is 3. The zero-order valence-electron chi connectivity index (χ0n) is 15.6. The van der Waals surface area contributed by atoms with Crippen LogP contribution in [0.4, 0.5) is 0 Å². The molecular weight excluding hydrogens is 483 g/mol. The lowest BCUT2D eigenvalue weighted by Crippen LogP contribution is -2.33. The smallest absolute Gasteiger partial charge is 0.245 e. The molecule has 154 valence electrons. The van der Waals surface area contributed by atoms with Gasteiger partial charge in [0.15, 0.2) is 5.79 Å². The fourth-order valence-electron chi connectivity index (χ4n) is 2.68. The van der Waals surface area contributed by atoms with Crippen molar-refractivity contribution in [1.29, 1.82) is 0 Å². The number of rotatable bonds is 7. The van der Waals surface area contributed by atoms with Crippen LogP contribution >= 0.6 is 39.1 Å². The highest BCUT2D eigenvalue weighted by Crippen LogP contribution is 2.28. The van der Waals surface area contributed by atoms with Crippen LogP contribution in [0.3, 0.4) is 0 Å². The molecular formula is C20H19BrCl2N2O4. The van der Waals surface area contributed by atoms with E-state index in [4.69, 9.17) is 37.4 Å². The molecule has 1 aliphatic heterocycles. The highest BCUT2D eigenvalue weighted by atomic mass is 79.9. The standard InChI is InChI=1S/C20H19BrCl2N2O4/c1-20(28-6-7-29-20)10-19(26)25-24-11-13-2-5-18(16(21)8-13)27-12-14-3-4-15(22)9-17(14)23/h2-5,8-9,11H,6-7,10,12H2,1H3,(H,25,26)/b24-11-. The maximum absolute atomic E-state index is 12.0. The first-order valence-electron chi connectivity index (χ1n) is 8.81. The Labute approximate surface area is 187 Å². The Hall–Kier alpha value is -1.64. The van der Waals surface area contributed by atoms with Crippen molar-refractivity contribution in [2.45, 2.75) is 25.7 Å². The minimum Gasteiger partial charge on any atom is -0.488 e. The molecule has 1 saturated heterocycles. The van der Waals surface area contributed by atoms with Crippen LogP contribution in [0, 0.1) is 0 Å². The average Bonchev–Trinajstić information content (AvgIpc) is 3.08. The van der Waals surface area contributed by atoms with Gasteiger partial charge in [-0.05, 0) is 58.7 Å². The van der Waals surface area contributed by atoms with E-state index in [1.165, 1.54) is 0 Å². The molecule has 0 radical (unpaired) electrons. The molecule has 3 rings (SSSR count). The van der Waals surface area contributed by atoms with Crippen LogP contribution in [0.5, 0.6) is 5.75 Å². The quantitative estimate of drug-likeness (QED) is 0.431. The van der Waals surface area contributed by atoms with Gasteiger partial charge in [0.05, 0.1) is 30.3 Å². The van der Waals surface area contributed by atoms with E-state index in [1.807, 2.05) is 18.2 Å². The number of hydrazone groups is 1. The molecule has 0 unspecified atom stereocenters. The Kier molecular flexibility index (Phi) is 7.54. The minimum atomic E-state index is -0.880. The van der Waals surface area contributed by atoms with Gasteiger partial charge in [0, 0.05) is 15.6 Å². The summed E-state index contributed by atoms with van der Waals surface area (Å²) < 4.78 is 17.4. The molecule has 0 bridgehead atoms. The lowest BCUT2D eigenvalue weighted by atomic mass is 10.2. The maximum atomic E-state index is 12.0. The van der Waals surface area contributed by atoms with Crippen molar-refractivity contribution < 1.29 is 19.0 Å². The number of carbonyl (C=O) groups is 1. The highest BCUT2D eigenvalue weighted by molar-refractivity contribution is 9.10. The lowest BCUT2D eigenvalue weighted by Gasteiger charge is -2.20. The van der Waals surface area contributed by atoms with Gasteiger partial charge in [0.1, 0.15) is 12.4 Å². The molecule has 1 fully saturated rings. The molecule has 1 N–H and O–H groups in total. The van der Waals surface area contributed by atoms with Gasteiger partial charge in [-0.25, -0.2) is 5.43 Å². The predicted molar refractivity (Wildman–Crippen MR) is 116 cm³/mol. The van der Waals surface area contributed by atoms with Crippen molar-refractivity contribution >= 4 is 51.3 Å². The van der Waals surface area contributed by atoms with Crippen LogP contribution < -0.4 is 10.2 Å². The fourth-order valence-corrected chi connectivity index (χ4v) is 3.65. The Morgan fingerprint density at radius 3 is 2.72 bits per heavy atom. The molecule has 2 aromatic rings. The van der Waals surface area contributed by atoms with Crippen LogP contribution in [0.25, 0.3) is 0 Å². The first-order valence-corrected chi connectivity index (χ1v) is 10.4. The van der Waals surface area contributed by atoms with E-state index in [-0.39, 0.29) is 12.3 Å². The van der Waals surface area contributed by atoms with Gasteiger partial charge in [0.2, 0.25) is 5.91 Å². The van der Waals surface area contributed by atoms with E-state index in [0.29, 0.717) is 35.6 Å². The Balaban J connectivity index is 1.53. The van der Waals surface area contributed by atoms with Gasteiger partial charge in [-0.1, -0.05) is 29.3 Å². The molecule has 0 spiro atoms. The summed E-state index contributed by atoms with van der Waals surface area (Å²) in [6, 6.07) is 10.7. The van der Waals surface area contributed by atoms with E-state index < -0.39 is 5.79 Å². The van der Waals surface area contributed by atoms with Gasteiger partial charge >= 0.3 is 0 Å². The summed E-state index contributed by atoms with van der Waals surface area (Å²) in [6.07, 6.45) is 1.62. The number of halogens is 3. The first kappa shape index (κ1) is 22.1. The second-order valence-corrected chi connectivity index (χ2v) is 8.21. The first-order chi connectivity index (χ1) is 13.8. The molecule has 9 heteroatoms. The number of amides is 1. The van der Waals surface area contributed by atoms with Crippen LogP contribution in [0.1, 0.15) is 24.5 Å². The largest absolute Gasteiger partial charge is 0.488 e. The summed E-state index contributed by atoms with van der Waals surface area (Å²) in [4.78, 5) is 12.0. The van der Waals surface area contributed by atoms with Gasteiger partial charge in [0.25, 0.3) is 0 Å². The third-order valence-corrected chi connectivity index (χ3v) is 5.34. The topological polar surface area (TPSA) is 69.2 Å². The zero-order chi connectivity index (χ0) is 20.9. The van der Waals surface area contributed by atoms with Gasteiger partial charge < -0.3 is 14.2 Å². The fraction of sp³-hybridized carbons (Fsp3) is 0.300. The number of nitrogens with zero attached hydrogens (tertiary/aromatic N) is 1. The molecule has 29 heavy (non-hydrogen) atoms. The summed E-state index contributed by atoms with van der Waals surface area (Å²) in [5.74, 6) is -0.514. The number of hydrogen-bond donors (Lipinski definition) is 1. The third-order valence-electron chi connectivity index (χ3n) is 4.14. The van der Waals surface area contributed by atoms with Crippen molar-refractivity contribution in [3.05, 3.63) is 62.0 Å². The molecule has 1 amide bonds. The number of hydrogen-bond acceptors (Lipinski definition) is 5. The number of nitrogens with one attached hydrogen (secondary N) is 1. The van der Waals surface area contributed by atoms with Crippen molar-refractivity contribution in [2.75, 3.05) is 13.2 Å². The van der Waals surface area contributed by atoms with Crippen LogP contribution in [0.15, 0.2) is 46.0 Å². The molecule has 0 aromatic heterocycles. The van der Waals surface area contributed by atoms with Gasteiger partial charge in [-0.3, -0.25) is 4.79 Å². The van der Waals surface area contributed by atoms with E-state index in [1.54, 1.807) is 31.3 Å². The summed E-state index contributed by atoms with van der Waals surface area (Å²) >= 11 is 15.5. The average molecular weight is 502 g/mol. The second kappa shape index (κ2) is 9.91. The lowest BCUT2D eigenvalue weighted by molar-refractivity contribution is -0.159. The molecule has 1 heterocycles. The normalized spacial score (nSPS) is 15.6. The van der Waals surface area contributed by atoms with E-state index in [0.717, 1.165) is 15.6 Å². The highest BCUT2D eigenvalue weighted by Gasteiger charge is 2.33. The molecule has 2 aromatic carbocycles. The van der Waals surface area contributed by atoms with Crippen molar-refractivity contribution in [2.24, 2.45) is 5.10 Å². The molecule has 0 atom stereocenters. The Morgan fingerprint density at radius 1 is 1.28 bits per heavy atom. The van der Waals surface area contributed by atoms with Gasteiger partial charge in [-0.15, -0.1) is 0 Å².